The predicted octanol–water partition coefficient (Wildman–Crippen LogP) is 1.96. The molecule has 1 rings (SSSR count). The topological polar surface area (TPSA) is 142 Å². The molecule has 1 aromatic rings. The molecule has 0 spiro atoms. The van der Waals surface area contributed by atoms with Crippen LogP contribution in [0, 0.1) is 20.2 Å². The minimum absolute atomic E-state index is 0.277. The lowest BCUT2D eigenvalue weighted by molar-refractivity contribution is -0.394. The van der Waals surface area contributed by atoms with E-state index in [-0.39, 0.29) is 5.56 Å². The van der Waals surface area contributed by atoms with Gasteiger partial charge in [-0.25, -0.2) is 4.79 Å². The summed E-state index contributed by atoms with van der Waals surface area (Å²) in [5, 5.41) is 24.1. The molecule has 10 nitrogen and oxygen atoms in total. The normalized spacial score (nSPS) is 11.4. The summed E-state index contributed by atoms with van der Waals surface area (Å²) in [6.07, 6.45) is 1.76. The highest BCUT2D eigenvalue weighted by Crippen LogP contribution is 2.22. The first-order valence-electron chi connectivity index (χ1n) is 7.12. The van der Waals surface area contributed by atoms with E-state index >= 15 is 0 Å². The van der Waals surface area contributed by atoms with Gasteiger partial charge in [0.15, 0.2) is 0 Å². The maximum atomic E-state index is 12.2. The second-order valence-electron chi connectivity index (χ2n) is 4.94. The van der Waals surface area contributed by atoms with Gasteiger partial charge in [-0.2, -0.15) is 0 Å². The molecule has 0 aromatic heterocycles. The van der Waals surface area contributed by atoms with Crippen LogP contribution in [-0.4, -0.2) is 34.9 Å². The number of amides is 1. The zero-order chi connectivity index (χ0) is 18.3. The lowest BCUT2D eigenvalue weighted by Crippen LogP contribution is -2.41. The molecule has 1 amide bonds. The van der Waals surface area contributed by atoms with Crippen molar-refractivity contribution in [2.24, 2.45) is 0 Å². The fourth-order valence-corrected chi connectivity index (χ4v) is 1.98. The molecule has 0 radical (unpaired) electrons. The number of ether oxygens (including phenoxy) is 1. The van der Waals surface area contributed by atoms with Gasteiger partial charge in [0.05, 0.1) is 28.6 Å². The molecule has 0 aliphatic carbocycles. The average molecular weight is 339 g/mol. The van der Waals surface area contributed by atoms with Crippen molar-refractivity contribution >= 4 is 23.3 Å². The number of methoxy groups -OCH3 is 1. The van der Waals surface area contributed by atoms with Gasteiger partial charge in [-0.3, -0.25) is 25.0 Å². The molecule has 1 aromatic carbocycles. The number of hydrogen-bond donors (Lipinski definition) is 1. The van der Waals surface area contributed by atoms with Gasteiger partial charge in [0.2, 0.25) is 0 Å². The molecule has 1 N–H and O–H groups in total. The van der Waals surface area contributed by atoms with Gasteiger partial charge in [0.25, 0.3) is 17.3 Å². The van der Waals surface area contributed by atoms with Crippen molar-refractivity contribution in [3.05, 3.63) is 44.0 Å². The van der Waals surface area contributed by atoms with Crippen molar-refractivity contribution in [1.29, 1.82) is 0 Å². The zero-order valence-electron chi connectivity index (χ0n) is 13.2. The Morgan fingerprint density at radius 2 is 1.71 bits per heavy atom. The summed E-state index contributed by atoms with van der Waals surface area (Å²) in [5.41, 5.74) is -1.45. The largest absolute Gasteiger partial charge is 0.467 e. The fourth-order valence-electron chi connectivity index (χ4n) is 1.98. The molecule has 130 valence electrons. The summed E-state index contributed by atoms with van der Waals surface area (Å²) < 4.78 is 4.60. The third-order valence-electron chi connectivity index (χ3n) is 3.22. The Labute approximate surface area is 137 Å². The molecule has 0 heterocycles. The summed E-state index contributed by atoms with van der Waals surface area (Å²) in [6.45, 7) is 1.90. The molecule has 10 heteroatoms. The molecule has 0 saturated heterocycles. The maximum Gasteiger partial charge on any atom is 0.328 e. The maximum absolute atomic E-state index is 12.2. The number of benzene rings is 1. The number of nitro benzene ring substituents is 2. The van der Waals surface area contributed by atoms with Gasteiger partial charge in [-0.05, 0) is 6.42 Å². The third kappa shape index (κ3) is 5.00. The summed E-state index contributed by atoms with van der Waals surface area (Å²) in [7, 11) is 1.17. The van der Waals surface area contributed by atoms with Gasteiger partial charge in [-0.15, -0.1) is 0 Å². The first-order chi connectivity index (χ1) is 11.3. The minimum atomic E-state index is -0.930. The Kier molecular flexibility index (Phi) is 6.78. The number of non-ortho nitro benzene ring substituents is 2. The second kappa shape index (κ2) is 8.56. The SMILES string of the molecule is CCCC[C@@H](NC(=O)c1cc([N+](=O)[O-])cc([N+](=O)[O-])c1)C(=O)OC. The first-order valence-corrected chi connectivity index (χ1v) is 7.12. The van der Waals surface area contributed by atoms with Gasteiger partial charge >= 0.3 is 5.97 Å². The molecule has 0 fully saturated rings. The van der Waals surface area contributed by atoms with Crippen LogP contribution in [-0.2, 0) is 9.53 Å². The Bertz CT molecular complexity index is 628. The predicted molar refractivity (Wildman–Crippen MR) is 82.5 cm³/mol. The van der Waals surface area contributed by atoms with Crippen LogP contribution < -0.4 is 5.32 Å². The lowest BCUT2D eigenvalue weighted by Gasteiger charge is -2.16. The summed E-state index contributed by atoms with van der Waals surface area (Å²) in [4.78, 5) is 43.9. The monoisotopic (exact) mass is 339 g/mol. The van der Waals surface area contributed by atoms with E-state index in [0.29, 0.717) is 12.8 Å². The van der Waals surface area contributed by atoms with Crippen LogP contribution >= 0.6 is 0 Å². The number of hydrogen-bond acceptors (Lipinski definition) is 7. The van der Waals surface area contributed by atoms with E-state index in [1.807, 2.05) is 6.92 Å². The van der Waals surface area contributed by atoms with E-state index in [2.05, 4.69) is 10.1 Å². The smallest absolute Gasteiger partial charge is 0.328 e. The van der Waals surface area contributed by atoms with Crippen LogP contribution in [0.1, 0.15) is 36.5 Å². The van der Waals surface area contributed by atoms with Crippen LogP contribution in [0.25, 0.3) is 0 Å². The molecule has 0 saturated carbocycles. The fraction of sp³-hybridized carbons (Fsp3) is 0.429. The van der Waals surface area contributed by atoms with Crippen LogP contribution in [0.2, 0.25) is 0 Å². The Morgan fingerprint density at radius 1 is 1.17 bits per heavy atom. The van der Waals surface area contributed by atoms with Crippen LogP contribution in [0.15, 0.2) is 18.2 Å². The van der Waals surface area contributed by atoms with E-state index in [4.69, 9.17) is 0 Å². The van der Waals surface area contributed by atoms with Crippen LogP contribution in [0.4, 0.5) is 11.4 Å². The van der Waals surface area contributed by atoms with Crippen molar-refractivity contribution in [2.45, 2.75) is 32.2 Å². The van der Waals surface area contributed by atoms with E-state index in [0.717, 1.165) is 24.6 Å². The van der Waals surface area contributed by atoms with Crippen LogP contribution in [0.5, 0.6) is 0 Å². The van der Waals surface area contributed by atoms with Gasteiger partial charge in [-0.1, -0.05) is 19.8 Å². The molecule has 0 bridgehead atoms. The Hall–Kier alpha value is -3.04. The lowest BCUT2D eigenvalue weighted by atomic mass is 10.1. The molecule has 24 heavy (non-hydrogen) atoms. The van der Waals surface area contributed by atoms with Crippen molar-refractivity contribution < 1.29 is 24.2 Å². The number of rotatable bonds is 8. The standard InChI is InChI=1S/C14H17N3O7/c1-3-4-5-12(14(19)24-2)15-13(18)9-6-10(16(20)21)8-11(7-9)17(22)23/h6-8,12H,3-5H2,1-2H3,(H,15,18)/t12-/m1/s1. The number of unbranched alkanes of at least 4 members (excludes halogenated alkanes) is 1. The Balaban J connectivity index is 3.09. The van der Waals surface area contributed by atoms with E-state index in [9.17, 15) is 29.8 Å². The number of carbonyl (C=O) groups is 2. The molecule has 0 aliphatic rings. The van der Waals surface area contributed by atoms with Gasteiger partial charge in [0.1, 0.15) is 6.04 Å². The average Bonchev–Trinajstić information content (AvgIpc) is 2.56. The van der Waals surface area contributed by atoms with Crippen LogP contribution in [0.3, 0.4) is 0 Å². The number of nitrogens with zero attached hydrogens (tertiary/aromatic N) is 2. The van der Waals surface area contributed by atoms with E-state index < -0.39 is 39.1 Å². The highest BCUT2D eigenvalue weighted by atomic mass is 16.6. The van der Waals surface area contributed by atoms with Crippen molar-refractivity contribution in [3.8, 4) is 0 Å². The minimum Gasteiger partial charge on any atom is -0.467 e. The van der Waals surface area contributed by atoms with Crippen molar-refractivity contribution in [3.63, 3.8) is 0 Å². The first kappa shape index (κ1) is 19.0. The molecular weight excluding hydrogens is 322 g/mol. The van der Waals surface area contributed by atoms with Crippen molar-refractivity contribution in [1.82, 2.24) is 5.32 Å². The number of carbonyl (C=O) groups excluding carboxylic acids is 2. The van der Waals surface area contributed by atoms with E-state index in [1.165, 1.54) is 7.11 Å². The highest BCUT2D eigenvalue weighted by molar-refractivity contribution is 5.97. The number of esters is 1. The second-order valence-corrected chi connectivity index (χ2v) is 4.94. The highest BCUT2D eigenvalue weighted by Gasteiger charge is 2.24. The summed E-state index contributed by atoms with van der Waals surface area (Å²) in [5.74, 6) is -1.48. The Morgan fingerprint density at radius 3 is 2.12 bits per heavy atom. The molecule has 0 aliphatic heterocycles. The number of nitrogens with one attached hydrogen (secondary N) is 1. The quantitative estimate of drug-likeness (QED) is 0.433. The zero-order valence-corrected chi connectivity index (χ0v) is 13.2. The molecular formula is C14H17N3O7. The van der Waals surface area contributed by atoms with Gasteiger partial charge < -0.3 is 10.1 Å². The summed E-state index contributed by atoms with van der Waals surface area (Å²) in [6, 6.07) is 1.65. The number of nitro groups is 2. The van der Waals surface area contributed by atoms with E-state index in [1.54, 1.807) is 0 Å². The van der Waals surface area contributed by atoms with Gasteiger partial charge in [0, 0.05) is 12.1 Å². The van der Waals surface area contributed by atoms with Crippen molar-refractivity contribution in [2.75, 3.05) is 7.11 Å². The molecule has 0 unspecified atom stereocenters. The third-order valence-corrected chi connectivity index (χ3v) is 3.22. The summed E-state index contributed by atoms with van der Waals surface area (Å²) >= 11 is 0. The molecule has 1 atom stereocenters.